The van der Waals surface area contributed by atoms with E-state index in [0.29, 0.717) is 51.5 Å². The Kier molecular flexibility index (Phi) is 21.4. The molecule has 0 spiro atoms. The molecule has 0 unspecified atom stereocenters. The zero-order chi connectivity index (χ0) is 47.5. The van der Waals surface area contributed by atoms with E-state index in [9.17, 15) is 43.5 Å². The van der Waals surface area contributed by atoms with Crippen LogP contribution in [0.5, 0.6) is 0 Å². The van der Waals surface area contributed by atoms with Crippen LogP contribution in [-0.4, -0.2) is 143 Å². The second-order valence-corrected chi connectivity index (χ2v) is 17.0. The molecule has 14 N–H and O–H groups in total. The average molecular weight is 899 g/mol. The number of carboxylic acids is 1. The van der Waals surface area contributed by atoms with Gasteiger partial charge in [-0.15, -0.1) is 0 Å². The Morgan fingerprint density at radius 1 is 0.703 bits per heavy atom. The van der Waals surface area contributed by atoms with E-state index >= 15 is 0 Å². The minimum absolute atomic E-state index is 0.0333. The van der Waals surface area contributed by atoms with Crippen LogP contribution in [0.1, 0.15) is 97.5 Å². The fraction of sp³-hybridized carbons (Fsp3) is 0.651. The molecule has 0 radical (unpaired) electrons. The first kappa shape index (κ1) is 52.5. The summed E-state index contributed by atoms with van der Waals surface area (Å²) < 4.78 is 0. The Morgan fingerprint density at radius 2 is 1.28 bits per heavy atom. The molecule has 8 atom stereocenters. The summed E-state index contributed by atoms with van der Waals surface area (Å²) in [5, 5.41) is 22.9. The minimum Gasteiger partial charge on any atom is -0.480 e. The number of guanidine groups is 1. The van der Waals surface area contributed by atoms with Crippen molar-refractivity contribution in [3.05, 3.63) is 35.9 Å². The minimum atomic E-state index is -1.27. The van der Waals surface area contributed by atoms with Crippen LogP contribution in [0.3, 0.4) is 0 Å². The van der Waals surface area contributed by atoms with Crippen LogP contribution in [0.4, 0.5) is 0 Å². The van der Waals surface area contributed by atoms with Crippen LogP contribution >= 0.6 is 0 Å². The number of hydrogen-bond acceptors (Lipinski definition) is 11. The van der Waals surface area contributed by atoms with Crippen molar-refractivity contribution < 1.29 is 43.5 Å². The SMILES string of the molecule is CC(C)C[C@H](NC(=O)[C@@H]1CCCN1C(=O)[C@H](C)NC(=O)[C@@H]1CCCN1C(=O)[C@H](CCCCN)NC(=O)[C@@H](N)Cc1ccccc1)C(=O)N[C@H](C)C(=O)N[C@@H](CCCN=C(N)N)C(=O)O. The number of nitrogens with two attached hydrogens (primary N) is 4. The maximum Gasteiger partial charge on any atom is 0.326 e. The predicted molar refractivity (Wildman–Crippen MR) is 238 cm³/mol. The molecule has 1 aromatic carbocycles. The van der Waals surface area contributed by atoms with E-state index in [1.165, 1.54) is 23.6 Å². The summed E-state index contributed by atoms with van der Waals surface area (Å²) in [5.74, 6) is -5.51. The number of hydrogen-bond donors (Lipinski definition) is 10. The molecule has 0 saturated carbocycles. The van der Waals surface area contributed by atoms with Crippen LogP contribution in [0.2, 0.25) is 0 Å². The third-order valence-electron chi connectivity index (χ3n) is 11.3. The summed E-state index contributed by atoms with van der Waals surface area (Å²) >= 11 is 0. The number of carbonyl (C=O) groups excluding carboxylic acids is 7. The van der Waals surface area contributed by atoms with Gasteiger partial charge >= 0.3 is 5.97 Å². The van der Waals surface area contributed by atoms with Gasteiger partial charge in [-0.2, -0.15) is 0 Å². The van der Waals surface area contributed by atoms with Gasteiger partial charge in [-0.1, -0.05) is 44.2 Å². The first-order valence-corrected chi connectivity index (χ1v) is 22.2. The number of rotatable bonds is 25. The molecule has 356 valence electrons. The number of unbranched alkanes of at least 4 members (excludes halogenated alkanes) is 1. The van der Waals surface area contributed by atoms with Gasteiger partial charge in [0.05, 0.1) is 6.04 Å². The number of likely N-dealkylation sites (tertiary alicyclic amines) is 2. The monoisotopic (exact) mass is 899 g/mol. The topological polar surface area (TPSA) is 340 Å². The third-order valence-corrected chi connectivity index (χ3v) is 11.3. The van der Waals surface area contributed by atoms with Crippen molar-refractivity contribution in [2.24, 2.45) is 33.8 Å². The Labute approximate surface area is 375 Å². The smallest absolute Gasteiger partial charge is 0.326 e. The van der Waals surface area contributed by atoms with Crippen molar-refractivity contribution in [1.82, 2.24) is 36.4 Å². The highest BCUT2D eigenvalue weighted by atomic mass is 16.4. The van der Waals surface area contributed by atoms with E-state index in [0.717, 1.165) is 5.56 Å². The molecule has 3 rings (SSSR count). The zero-order valence-corrected chi connectivity index (χ0v) is 37.6. The highest BCUT2D eigenvalue weighted by Gasteiger charge is 2.41. The van der Waals surface area contributed by atoms with E-state index in [-0.39, 0.29) is 57.2 Å². The van der Waals surface area contributed by atoms with Crippen molar-refractivity contribution in [2.75, 3.05) is 26.2 Å². The van der Waals surface area contributed by atoms with Crippen LogP contribution < -0.4 is 49.5 Å². The van der Waals surface area contributed by atoms with E-state index in [2.05, 4.69) is 31.6 Å². The molecule has 0 bridgehead atoms. The molecule has 7 amide bonds. The predicted octanol–water partition coefficient (Wildman–Crippen LogP) is -1.68. The molecule has 21 nitrogen and oxygen atoms in total. The summed E-state index contributed by atoms with van der Waals surface area (Å²) in [5.41, 5.74) is 23.4. The van der Waals surface area contributed by atoms with Crippen molar-refractivity contribution >= 4 is 53.3 Å². The number of carboxylic acid groups (broad SMARTS) is 1. The summed E-state index contributed by atoms with van der Waals surface area (Å²) in [6, 6.07) is 0.958. The summed E-state index contributed by atoms with van der Waals surface area (Å²) in [4.78, 5) is 113. The summed E-state index contributed by atoms with van der Waals surface area (Å²) in [7, 11) is 0. The zero-order valence-electron chi connectivity index (χ0n) is 37.6. The first-order valence-electron chi connectivity index (χ1n) is 22.2. The maximum absolute atomic E-state index is 14.0. The average Bonchev–Trinajstić information content (AvgIpc) is 3.95. The number of nitrogens with zero attached hydrogens (tertiary/aromatic N) is 3. The van der Waals surface area contributed by atoms with Gasteiger partial charge in [0.25, 0.3) is 0 Å². The number of carbonyl (C=O) groups is 8. The van der Waals surface area contributed by atoms with E-state index < -0.39 is 95.7 Å². The molecule has 64 heavy (non-hydrogen) atoms. The van der Waals surface area contributed by atoms with Gasteiger partial charge in [0, 0.05) is 19.6 Å². The Balaban J connectivity index is 1.63. The van der Waals surface area contributed by atoms with Crippen LogP contribution in [-0.2, 0) is 44.8 Å². The molecule has 2 aliphatic heterocycles. The van der Waals surface area contributed by atoms with Gasteiger partial charge in [0.1, 0.15) is 42.3 Å². The van der Waals surface area contributed by atoms with Crippen molar-refractivity contribution in [3.63, 3.8) is 0 Å². The van der Waals surface area contributed by atoms with Crippen LogP contribution in [0.15, 0.2) is 35.3 Å². The molecule has 0 aromatic heterocycles. The second-order valence-electron chi connectivity index (χ2n) is 17.0. The fourth-order valence-corrected chi connectivity index (χ4v) is 7.82. The van der Waals surface area contributed by atoms with E-state index in [1.54, 1.807) is 0 Å². The number of benzene rings is 1. The van der Waals surface area contributed by atoms with Gasteiger partial charge in [0.15, 0.2) is 5.96 Å². The molecule has 2 fully saturated rings. The summed E-state index contributed by atoms with van der Waals surface area (Å²) in [6.07, 6.45) is 3.89. The van der Waals surface area contributed by atoms with Crippen LogP contribution in [0, 0.1) is 5.92 Å². The van der Waals surface area contributed by atoms with E-state index in [4.69, 9.17) is 22.9 Å². The van der Waals surface area contributed by atoms with Gasteiger partial charge in [0.2, 0.25) is 41.4 Å². The summed E-state index contributed by atoms with van der Waals surface area (Å²) in [6.45, 7) is 7.63. The van der Waals surface area contributed by atoms with Crippen molar-refractivity contribution in [2.45, 2.75) is 147 Å². The van der Waals surface area contributed by atoms with Crippen molar-refractivity contribution in [1.29, 1.82) is 0 Å². The third kappa shape index (κ3) is 16.4. The standard InChI is InChI=1S/C43H70N12O9/c1-25(2)23-32(37(58)49-26(3)35(56)52-31(42(63)64)16-10-20-48-43(46)47)53-39(60)34-18-11-21-54(34)40(61)27(4)50-38(59)33-17-12-22-55(33)41(62)30(15-8-9-19-44)51-36(57)29(45)24-28-13-6-5-7-14-28/h5-7,13-14,25-27,29-34H,8-12,15-24,44-45H2,1-4H3,(H,49,58)(H,50,59)(H,51,57)(H,52,56)(H,53,60)(H,63,64)(H4,46,47,48)/t26-,27+,29+,30+,31+,32+,33+,34+/m1/s1. The van der Waals surface area contributed by atoms with Gasteiger partial charge in [-0.25, -0.2) is 4.79 Å². The maximum atomic E-state index is 14.0. The van der Waals surface area contributed by atoms with Gasteiger partial charge < -0.3 is 64.4 Å². The van der Waals surface area contributed by atoms with E-state index in [1.807, 2.05) is 44.2 Å². The first-order chi connectivity index (χ1) is 30.3. The molecular formula is C43H70N12O9. The molecule has 2 aliphatic rings. The molecular weight excluding hydrogens is 829 g/mol. The fourth-order valence-electron chi connectivity index (χ4n) is 7.82. The Hall–Kier alpha value is -5.83. The number of amides is 7. The molecule has 1 aromatic rings. The lowest BCUT2D eigenvalue weighted by atomic mass is 10.0. The number of aliphatic imine (C=N–C) groups is 1. The highest BCUT2D eigenvalue weighted by molar-refractivity contribution is 5.98. The Bertz CT molecular complexity index is 1790. The molecule has 2 heterocycles. The second kappa shape index (κ2) is 26.1. The molecule has 2 saturated heterocycles. The Morgan fingerprint density at radius 3 is 1.86 bits per heavy atom. The highest BCUT2D eigenvalue weighted by Crippen LogP contribution is 2.22. The normalized spacial score (nSPS) is 18.7. The molecule has 0 aliphatic carbocycles. The molecule has 21 heteroatoms. The lowest BCUT2D eigenvalue weighted by Gasteiger charge is -2.31. The quantitative estimate of drug-likeness (QED) is 0.0298. The lowest BCUT2D eigenvalue weighted by Crippen LogP contribution is -2.59. The van der Waals surface area contributed by atoms with Crippen molar-refractivity contribution in [3.8, 4) is 0 Å². The van der Waals surface area contributed by atoms with Gasteiger partial charge in [-0.3, -0.25) is 38.6 Å². The number of nitrogens with one attached hydrogen (secondary N) is 5. The number of aliphatic carboxylic acids is 1. The van der Waals surface area contributed by atoms with Crippen LogP contribution in [0.25, 0.3) is 0 Å². The lowest BCUT2D eigenvalue weighted by molar-refractivity contribution is -0.144. The van der Waals surface area contributed by atoms with Gasteiger partial charge in [-0.05, 0) is 103 Å². The largest absolute Gasteiger partial charge is 0.480 e.